The van der Waals surface area contributed by atoms with Gasteiger partial charge in [-0.25, -0.2) is 4.68 Å². The van der Waals surface area contributed by atoms with Crippen LogP contribution >= 0.6 is 0 Å². The second kappa shape index (κ2) is 6.15. The van der Waals surface area contributed by atoms with E-state index in [-0.39, 0.29) is 6.04 Å². The number of nitrogens with one attached hydrogen (secondary N) is 1. The molecule has 0 aliphatic carbocycles. The van der Waals surface area contributed by atoms with Crippen molar-refractivity contribution in [1.29, 1.82) is 0 Å². The van der Waals surface area contributed by atoms with Gasteiger partial charge in [-0.2, -0.15) is 0 Å². The van der Waals surface area contributed by atoms with Gasteiger partial charge >= 0.3 is 0 Å². The Morgan fingerprint density at radius 2 is 2.20 bits per heavy atom. The quantitative estimate of drug-likeness (QED) is 0.924. The van der Waals surface area contributed by atoms with Crippen LogP contribution in [0.5, 0.6) is 0 Å². The van der Waals surface area contributed by atoms with Crippen LogP contribution in [0.1, 0.15) is 24.6 Å². The minimum absolute atomic E-state index is 0.213. The Labute approximate surface area is 118 Å². The Morgan fingerprint density at radius 3 is 2.90 bits per heavy atom. The van der Waals surface area contributed by atoms with Crippen LogP contribution in [-0.4, -0.2) is 35.3 Å². The average Bonchev–Trinajstić information content (AvgIpc) is 2.99. The second-order valence-corrected chi connectivity index (χ2v) is 5.15. The van der Waals surface area contributed by atoms with Gasteiger partial charge in [0.15, 0.2) is 0 Å². The largest absolute Gasteiger partial charge is 0.381 e. The lowest BCUT2D eigenvalue weighted by Crippen LogP contribution is -2.32. The Bertz CT molecular complexity index is 534. The Balaban J connectivity index is 1.91. The number of hydrogen-bond donors (Lipinski definition) is 1. The van der Waals surface area contributed by atoms with Crippen molar-refractivity contribution in [2.75, 3.05) is 20.3 Å². The predicted octanol–water partition coefficient (Wildman–Crippen LogP) is 1.95. The summed E-state index contributed by atoms with van der Waals surface area (Å²) in [5.74, 6) is 0.467. The van der Waals surface area contributed by atoms with Crippen LogP contribution in [0.3, 0.4) is 0 Å². The van der Waals surface area contributed by atoms with E-state index in [0.717, 1.165) is 31.0 Å². The molecule has 1 aliphatic rings. The fourth-order valence-corrected chi connectivity index (χ4v) is 2.88. The Hall–Kier alpha value is -1.72. The molecule has 0 radical (unpaired) electrons. The summed E-state index contributed by atoms with van der Waals surface area (Å²) < 4.78 is 7.53. The summed E-state index contributed by atoms with van der Waals surface area (Å²) in [4.78, 5) is 0. The monoisotopic (exact) mass is 272 g/mol. The first-order valence-corrected chi connectivity index (χ1v) is 7.11. The molecule has 0 bridgehead atoms. The highest BCUT2D eigenvalue weighted by Crippen LogP contribution is 2.29. The van der Waals surface area contributed by atoms with Gasteiger partial charge in [0.05, 0.1) is 30.2 Å². The number of rotatable bonds is 4. The third-order valence-corrected chi connectivity index (χ3v) is 3.87. The summed E-state index contributed by atoms with van der Waals surface area (Å²) in [5, 5.41) is 11.7. The van der Waals surface area contributed by atoms with Crippen molar-refractivity contribution in [1.82, 2.24) is 20.3 Å². The standard InChI is InChI=1S/C15H20N4O/c1-16-15(12-6-5-9-20-11-12)14-10-17-18-19(14)13-7-3-2-4-8-13/h2-4,7-8,10,12,15-16H,5-6,9,11H2,1H3. The third-order valence-electron chi connectivity index (χ3n) is 3.87. The summed E-state index contributed by atoms with van der Waals surface area (Å²) >= 11 is 0. The summed E-state index contributed by atoms with van der Waals surface area (Å²) in [6, 6.07) is 10.3. The highest BCUT2D eigenvalue weighted by molar-refractivity contribution is 5.32. The van der Waals surface area contributed by atoms with E-state index < -0.39 is 0 Å². The molecule has 3 rings (SSSR count). The molecule has 5 heteroatoms. The van der Waals surface area contributed by atoms with Gasteiger partial charge in [0, 0.05) is 12.5 Å². The molecule has 5 nitrogen and oxygen atoms in total. The van der Waals surface area contributed by atoms with E-state index in [1.807, 2.05) is 48.3 Å². The van der Waals surface area contributed by atoms with Gasteiger partial charge in [0.25, 0.3) is 0 Å². The van der Waals surface area contributed by atoms with E-state index in [4.69, 9.17) is 4.74 Å². The van der Waals surface area contributed by atoms with Crippen LogP contribution in [0.15, 0.2) is 36.5 Å². The van der Waals surface area contributed by atoms with Crippen molar-refractivity contribution < 1.29 is 4.74 Å². The van der Waals surface area contributed by atoms with Crippen molar-refractivity contribution in [2.24, 2.45) is 5.92 Å². The summed E-state index contributed by atoms with van der Waals surface area (Å²) in [6.07, 6.45) is 4.14. The molecule has 1 saturated heterocycles. The number of hydrogen-bond acceptors (Lipinski definition) is 4. The SMILES string of the molecule is CNC(c1cnnn1-c1ccccc1)C1CCCOC1. The van der Waals surface area contributed by atoms with E-state index in [0.29, 0.717) is 5.92 Å². The van der Waals surface area contributed by atoms with E-state index in [1.165, 1.54) is 6.42 Å². The molecular weight excluding hydrogens is 252 g/mol. The van der Waals surface area contributed by atoms with Crippen LogP contribution < -0.4 is 5.32 Å². The summed E-state index contributed by atoms with van der Waals surface area (Å²) in [7, 11) is 1.99. The molecule has 1 aliphatic heterocycles. The van der Waals surface area contributed by atoms with Crippen LogP contribution in [-0.2, 0) is 4.74 Å². The normalized spacial score (nSPS) is 20.8. The van der Waals surface area contributed by atoms with Crippen molar-refractivity contribution in [2.45, 2.75) is 18.9 Å². The van der Waals surface area contributed by atoms with Crippen molar-refractivity contribution in [3.05, 3.63) is 42.2 Å². The van der Waals surface area contributed by atoms with Gasteiger partial charge in [-0.1, -0.05) is 23.4 Å². The molecule has 106 valence electrons. The van der Waals surface area contributed by atoms with Gasteiger partial charge in [-0.15, -0.1) is 5.10 Å². The van der Waals surface area contributed by atoms with Gasteiger partial charge in [0.2, 0.25) is 0 Å². The topological polar surface area (TPSA) is 52.0 Å². The van der Waals surface area contributed by atoms with Crippen LogP contribution in [0, 0.1) is 5.92 Å². The summed E-state index contributed by atoms with van der Waals surface area (Å²) in [6.45, 7) is 1.68. The van der Waals surface area contributed by atoms with E-state index in [1.54, 1.807) is 0 Å². The van der Waals surface area contributed by atoms with E-state index in [9.17, 15) is 0 Å². The molecule has 2 aromatic rings. The molecule has 1 aromatic carbocycles. The molecule has 2 atom stereocenters. The van der Waals surface area contributed by atoms with Crippen molar-refractivity contribution in [3.63, 3.8) is 0 Å². The molecule has 1 aromatic heterocycles. The maximum Gasteiger partial charge on any atom is 0.0818 e. The predicted molar refractivity (Wildman–Crippen MR) is 76.7 cm³/mol. The van der Waals surface area contributed by atoms with E-state index >= 15 is 0 Å². The first-order valence-electron chi connectivity index (χ1n) is 7.11. The maximum atomic E-state index is 5.62. The lowest BCUT2D eigenvalue weighted by atomic mass is 9.92. The zero-order chi connectivity index (χ0) is 13.8. The first-order chi connectivity index (χ1) is 9.90. The minimum Gasteiger partial charge on any atom is -0.381 e. The summed E-state index contributed by atoms with van der Waals surface area (Å²) in [5.41, 5.74) is 2.13. The highest BCUT2D eigenvalue weighted by atomic mass is 16.5. The zero-order valence-electron chi connectivity index (χ0n) is 11.7. The fourth-order valence-electron chi connectivity index (χ4n) is 2.88. The smallest absolute Gasteiger partial charge is 0.0818 e. The average molecular weight is 272 g/mol. The Morgan fingerprint density at radius 1 is 1.35 bits per heavy atom. The van der Waals surface area contributed by atoms with Crippen LogP contribution in [0.4, 0.5) is 0 Å². The van der Waals surface area contributed by atoms with Crippen molar-refractivity contribution in [3.8, 4) is 5.69 Å². The molecule has 0 spiro atoms. The zero-order valence-corrected chi connectivity index (χ0v) is 11.7. The molecule has 1 fully saturated rings. The van der Waals surface area contributed by atoms with Crippen LogP contribution in [0.25, 0.3) is 5.69 Å². The molecule has 0 amide bonds. The lowest BCUT2D eigenvalue weighted by Gasteiger charge is -2.30. The van der Waals surface area contributed by atoms with Gasteiger partial charge in [0.1, 0.15) is 0 Å². The minimum atomic E-state index is 0.213. The first kappa shape index (κ1) is 13.3. The Kier molecular flexibility index (Phi) is 4.08. The fraction of sp³-hybridized carbons (Fsp3) is 0.467. The number of aromatic nitrogens is 3. The van der Waals surface area contributed by atoms with Gasteiger partial charge < -0.3 is 10.1 Å². The number of para-hydroxylation sites is 1. The van der Waals surface area contributed by atoms with E-state index in [2.05, 4.69) is 15.6 Å². The van der Waals surface area contributed by atoms with Gasteiger partial charge in [-0.05, 0) is 32.0 Å². The molecular formula is C15H20N4O. The van der Waals surface area contributed by atoms with Gasteiger partial charge in [-0.3, -0.25) is 0 Å². The lowest BCUT2D eigenvalue weighted by molar-refractivity contribution is 0.0392. The maximum absolute atomic E-state index is 5.62. The molecule has 0 saturated carbocycles. The second-order valence-electron chi connectivity index (χ2n) is 5.15. The molecule has 1 N–H and O–H groups in total. The van der Waals surface area contributed by atoms with Crippen LogP contribution in [0.2, 0.25) is 0 Å². The number of benzene rings is 1. The number of nitrogens with zero attached hydrogens (tertiary/aromatic N) is 3. The number of ether oxygens (including phenoxy) is 1. The molecule has 2 unspecified atom stereocenters. The molecule has 20 heavy (non-hydrogen) atoms. The highest BCUT2D eigenvalue weighted by Gasteiger charge is 2.27. The third kappa shape index (κ3) is 2.59. The van der Waals surface area contributed by atoms with Crippen molar-refractivity contribution >= 4 is 0 Å². The molecule has 2 heterocycles.